The lowest BCUT2D eigenvalue weighted by molar-refractivity contribution is 0.315. The number of hydrogen-bond acceptors (Lipinski definition) is 5. The third kappa shape index (κ3) is 2.47. The van der Waals surface area contributed by atoms with Crippen LogP contribution >= 0.6 is 0 Å². The molecule has 1 atom stereocenters. The molecule has 0 radical (unpaired) electrons. The topological polar surface area (TPSA) is 91.8 Å². The van der Waals surface area contributed by atoms with E-state index >= 15 is 0 Å². The van der Waals surface area contributed by atoms with Crippen LogP contribution in [0.2, 0.25) is 0 Å². The van der Waals surface area contributed by atoms with Crippen LogP contribution in [0.25, 0.3) is 21.9 Å². The molecule has 3 aromatic heterocycles. The quantitative estimate of drug-likeness (QED) is 0.771. The molecule has 0 aromatic carbocycles. The number of pyridine rings is 1. The van der Waals surface area contributed by atoms with Crippen LogP contribution in [0.15, 0.2) is 24.8 Å². The van der Waals surface area contributed by atoms with Crippen LogP contribution in [0.4, 0.5) is 0 Å². The lowest BCUT2D eigenvalue weighted by Gasteiger charge is -2.31. The summed E-state index contributed by atoms with van der Waals surface area (Å²) in [4.78, 5) is 16.3. The maximum absolute atomic E-state index is 11.9. The summed E-state index contributed by atoms with van der Waals surface area (Å²) in [6.45, 7) is 1.05. The zero-order valence-electron chi connectivity index (χ0n) is 12.7. The summed E-state index contributed by atoms with van der Waals surface area (Å²) >= 11 is 0. The molecule has 4 rings (SSSR count). The van der Waals surface area contributed by atoms with Gasteiger partial charge in [-0.15, -0.1) is 0 Å². The van der Waals surface area contributed by atoms with E-state index in [1.807, 2.05) is 12.3 Å². The van der Waals surface area contributed by atoms with E-state index in [2.05, 4.69) is 19.9 Å². The summed E-state index contributed by atoms with van der Waals surface area (Å²) < 4.78 is 25.3. The summed E-state index contributed by atoms with van der Waals surface area (Å²) in [7, 11) is -3.18. The standard InChI is InChI=1S/C15H17N5O2S/c1-23(21,22)20-6-2-3-10(8-20)14-13-11-4-5-16-15(11)17-7-12(13)18-9-19-14/h4-5,7,9-10H,2-3,6,8H2,1H3,(H,16,17). The fourth-order valence-corrected chi connectivity index (χ4v) is 4.27. The molecule has 1 unspecified atom stereocenters. The highest BCUT2D eigenvalue weighted by Gasteiger charge is 2.29. The number of aromatic amines is 1. The zero-order valence-corrected chi connectivity index (χ0v) is 13.5. The number of nitrogens with zero attached hydrogens (tertiary/aromatic N) is 4. The molecular formula is C15H17N5O2S. The van der Waals surface area contributed by atoms with Gasteiger partial charge in [0.25, 0.3) is 0 Å². The number of piperidine rings is 1. The Morgan fingerprint density at radius 1 is 1.30 bits per heavy atom. The van der Waals surface area contributed by atoms with Gasteiger partial charge in [-0.3, -0.25) is 0 Å². The number of fused-ring (bicyclic) bond motifs is 3. The molecule has 23 heavy (non-hydrogen) atoms. The van der Waals surface area contributed by atoms with E-state index in [0.29, 0.717) is 13.1 Å². The molecule has 0 bridgehead atoms. The second kappa shape index (κ2) is 5.24. The van der Waals surface area contributed by atoms with Gasteiger partial charge in [-0.2, -0.15) is 0 Å². The minimum atomic E-state index is -3.18. The molecule has 1 saturated heterocycles. The van der Waals surface area contributed by atoms with Gasteiger partial charge in [0.1, 0.15) is 12.0 Å². The van der Waals surface area contributed by atoms with Gasteiger partial charge in [-0.25, -0.2) is 27.7 Å². The Balaban J connectivity index is 1.86. The van der Waals surface area contributed by atoms with E-state index in [1.165, 1.54) is 12.6 Å². The van der Waals surface area contributed by atoms with Crippen LogP contribution in [0, 0.1) is 0 Å². The normalized spacial score (nSPS) is 20.3. The van der Waals surface area contributed by atoms with Crippen molar-refractivity contribution in [3.63, 3.8) is 0 Å². The number of sulfonamides is 1. The van der Waals surface area contributed by atoms with E-state index in [4.69, 9.17) is 0 Å². The van der Waals surface area contributed by atoms with Crippen LogP contribution in [-0.4, -0.2) is 52.0 Å². The molecule has 1 aliphatic heterocycles. The lowest BCUT2D eigenvalue weighted by atomic mass is 9.93. The molecule has 4 heterocycles. The molecule has 0 amide bonds. The first-order chi connectivity index (χ1) is 11.0. The van der Waals surface area contributed by atoms with Crippen molar-refractivity contribution in [2.45, 2.75) is 18.8 Å². The Bertz CT molecular complexity index is 982. The molecule has 0 saturated carbocycles. The van der Waals surface area contributed by atoms with E-state index < -0.39 is 10.0 Å². The van der Waals surface area contributed by atoms with Crippen LogP contribution in [0.3, 0.4) is 0 Å². The Morgan fingerprint density at radius 2 is 2.17 bits per heavy atom. The van der Waals surface area contributed by atoms with Gasteiger partial charge in [0.15, 0.2) is 0 Å². The first-order valence-corrected chi connectivity index (χ1v) is 9.40. The third-order valence-electron chi connectivity index (χ3n) is 4.46. The average molecular weight is 331 g/mol. The van der Waals surface area contributed by atoms with Crippen LogP contribution in [0.1, 0.15) is 24.5 Å². The van der Waals surface area contributed by atoms with Crippen molar-refractivity contribution in [1.82, 2.24) is 24.2 Å². The van der Waals surface area contributed by atoms with Gasteiger partial charge >= 0.3 is 0 Å². The smallest absolute Gasteiger partial charge is 0.211 e. The maximum Gasteiger partial charge on any atom is 0.211 e. The number of rotatable bonds is 2. The van der Waals surface area contributed by atoms with Gasteiger partial charge in [-0.1, -0.05) is 0 Å². The maximum atomic E-state index is 11.9. The second-order valence-electron chi connectivity index (χ2n) is 5.98. The van der Waals surface area contributed by atoms with Crippen LogP contribution < -0.4 is 0 Å². The molecule has 0 spiro atoms. The highest BCUT2D eigenvalue weighted by atomic mass is 32.2. The van der Waals surface area contributed by atoms with Gasteiger partial charge in [0.2, 0.25) is 10.0 Å². The minimum Gasteiger partial charge on any atom is -0.346 e. The molecule has 1 N–H and O–H groups in total. The molecule has 1 fully saturated rings. The van der Waals surface area contributed by atoms with Crippen molar-refractivity contribution in [2.75, 3.05) is 19.3 Å². The molecule has 1 aliphatic rings. The van der Waals surface area contributed by atoms with E-state index in [1.54, 1.807) is 10.5 Å². The van der Waals surface area contributed by atoms with Gasteiger partial charge in [0.05, 0.1) is 23.7 Å². The second-order valence-corrected chi connectivity index (χ2v) is 7.96. The largest absolute Gasteiger partial charge is 0.346 e. The Hall–Kier alpha value is -2.06. The summed E-state index contributed by atoms with van der Waals surface area (Å²) in [6, 6.07) is 1.97. The fourth-order valence-electron chi connectivity index (χ4n) is 3.36. The van der Waals surface area contributed by atoms with Crippen LogP contribution in [0.5, 0.6) is 0 Å². The molecule has 120 valence electrons. The molecular weight excluding hydrogens is 314 g/mol. The molecule has 0 aliphatic carbocycles. The minimum absolute atomic E-state index is 0.0736. The highest BCUT2D eigenvalue weighted by Crippen LogP contribution is 2.33. The SMILES string of the molecule is CS(=O)(=O)N1CCCC(c2ncnc3cnc4[nH]ccc4c23)C1. The molecule has 3 aromatic rings. The summed E-state index contributed by atoms with van der Waals surface area (Å²) in [5.74, 6) is 0.0736. The van der Waals surface area contributed by atoms with E-state index in [-0.39, 0.29) is 5.92 Å². The number of H-pyrrole nitrogens is 1. The van der Waals surface area contributed by atoms with Crippen LogP contribution in [-0.2, 0) is 10.0 Å². The average Bonchev–Trinajstić information content (AvgIpc) is 3.02. The van der Waals surface area contributed by atoms with Gasteiger partial charge in [0, 0.05) is 36.0 Å². The summed E-state index contributed by atoms with van der Waals surface area (Å²) in [5.41, 5.74) is 2.50. The zero-order chi connectivity index (χ0) is 16.0. The Morgan fingerprint density at radius 3 is 3.00 bits per heavy atom. The predicted molar refractivity (Wildman–Crippen MR) is 87.6 cm³/mol. The summed E-state index contributed by atoms with van der Waals surface area (Å²) in [5, 5.41) is 1.95. The Kier molecular flexibility index (Phi) is 3.31. The van der Waals surface area contributed by atoms with Gasteiger partial charge in [-0.05, 0) is 18.9 Å². The van der Waals surface area contributed by atoms with Crippen molar-refractivity contribution in [2.24, 2.45) is 0 Å². The molecule has 8 heteroatoms. The third-order valence-corrected chi connectivity index (χ3v) is 5.73. The fraction of sp³-hybridized carbons (Fsp3) is 0.400. The number of hydrogen-bond donors (Lipinski definition) is 1. The lowest BCUT2D eigenvalue weighted by Crippen LogP contribution is -2.38. The van der Waals surface area contributed by atoms with Crippen molar-refractivity contribution < 1.29 is 8.42 Å². The molecule has 7 nitrogen and oxygen atoms in total. The highest BCUT2D eigenvalue weighted by molar-refractivity contribution is 7.88. The Labute approximate surface area is 133 Å². The van der Waals surface area contributed by atoms with Crippen molar-refractivity contribution in [1.29, 1.82) is 0 Å². The monoisotopic (exact) mass is 331 g/mol. The van der Waals surface area contributed by atoms with E-state index in [9.17, 15) is 8.42 Å². The first kappa shape index (κ1) is 14.5. The van der Waals surface area contributed by atoms with Crippen molar-refractivity contribution in [3.8, 4) is 0 Å². The van der Waals surface area contributed by atoms with Gasteiger partial charge < -0.3 is 4.98 Å². The predicted octanol–water partition coefficient (Wildman–Crippen LogP) is 1.65. The first-order valence-electron chi connectivity index (χ1n) is 7.56. The van der Waals surface area contributed by atoms with Crippen molar-refractivity contribution in [3.05, 3.63) is 30.5 Å². The number of nitrogens with one attached hydrogen (secondary N) is 1. The summed E-state index contributed by atoms with van der Waals surface area (Å²) in [6.07, 6.45) is 8.14. The van der Waals surface area contributed by atoms with Crippen molar-refractivity contribution >= 4 is 32.0 Å². The van der Waals surface area contributed by atoms with E-state index in [0.717, 1.165) is 40.5 Å². The number of aromatic nitrogens is 4.